The van der Waals surface area contributed by atoms with Gasteiger partial charge in [-0.3, -0.25) is 0 Å². The normalized spacial score (nSPS) is 43.7. The van der Waals surface area contributed by atoms with Crippen molar-refractivity contribution < 1.29 is 9.84 Å². The zero-order valence-electron chi connectivity index (χ0n) is 9.55. The lowest BCUT2D eigenvalue weighted by Crippen LogP contribution is -2.45. The summed E-state index contributed by atoms with van der Waals surface area (Å²) in [4.78, 5) is 0. The van der Waals surface area contributed by atoms with Gasteiger partial charge in [-0.2, -0.15) is 0 Å². The van der Waals surface area contributed by atoms with Crippen LogP contribution in [0, 0.1) is 11.3 Å². The zero-order valence-corrected chi connectivity index (χ0v) is 9.55. The Morgan fingerprint density at radius 3 is 2.64 bits per heavy atom. The third kappa shape index (κ3) is 1.70. The Kier molecular flexibility index (Phi) is 2.39. The van der Waals surface area contributed by atoms with Crippen LogP contribution in [0.1, 0.15) is 46.5 Å². The second-order valence-electron chi connectivity index (χ2n) is 6.05. The first-order valence-corrected chi connectivity index (χ1v) is 5.76. The molecule has 1 N–H and O–H groups in total. The van der Waals surface area contributed by atoms with Crippen LogP contribution in [-0.4, -0.2) is 23.4 Å². The van der Waals surface area contributed by atoms with Crippen LogP contribution in [0.25, 0.3) is 0 Å². The van der Waals surface area contributed by atoms with Crippen LogP contribution in [0.2, 0.25) is 0 Å². The molecule has 1 aliphatic heterocycles. The summed E-state index contributed by atoms with van der Waals surface area (Å²) in [6.45, 7) is 7.61. The highest BCUT2D eigenvalue weighted by Gasteiger charge is 2.48. The molecule has 2 heteroatoms. The van der Waals surface area contributed by atoms with Gasteiger partial charge in [-0.1, -0.05) is 20.8 Å². The van der Waals surface area contributed by atoms with Crippen molar-refractivity contribution in [1.82, 2.24) is 0 Å². The number of rotatable bonds is 0. The topological polar surface area (TPSA) is 29.5 Å². The van der Waals surface area contributed by atoms with Crippen molar-refractivity contribution in [3.63, 3.8) is 0 Å². The second-order valence-corrected chi connectivity index (χ2v) is 6.05. The summed E-state index contributed by atoms with van der Waals surface area (Å²) in [5.74, 6) is 0.700. The highest BCUT2D eigenvalue weighted by molar-refractivity contribution is 4.99. The van der Waals surface area contributed by atoms with E-state index in [1.54, 1.807) is 0 Å². The molecule has 1 saturated heterocycles. The third-order valence-electron chi connectivity index (χ3n) is 4.10. The minimum absolute atomic E-state index is 0.112. The SMILES string of the molecule is CC(C)(C)C1CC[C@@]2(O)CCO[C@H]2C1. The van der Waals surface area contributed by atoms with E-state index in [1.807, 2.05) is 0 Å². The molecule has 1 saturated carbocycles. The quantitative estimate of drug-likeness (QED) is 0.647. The van der Waals surface area contributed by atoms with E-state index in [9.17, 15) is 5.11 Å². The average molecular weight is 198 g/mol. The maximum atomic E-state index is 10.3. The molecule has 1 unspecified atom stereocenters. The van der Waals surface area contributed by atoms with Crippen LogP contribution in [0.5, 0.6) is 0 Å². The molecular formula is C12H22O2. The summed E-state index contributed by atoms with van der Waals surface area (Å²) in [5, 5.41) is 10.3. The second kappa shape index (κ2) is 3.21. The monoisotopic (exact) mass is 198 g/mol. The lowest BCUT2D eigenvalue weighted by atomic mass is 9.67. The van der Waals surface area contributed by atoms with E-state index < -0.39 is 5.60 Å². The van der Waals surface area contributed by atoms with Gasteiger partial charge >= 0.3 is 0 Å². The number of hydrogen-bond acceptors (Lipinski definition) is 2. The maximum absolute atomic E-state index is 10.3. The summed E-state index contributed by atoms with van der Waals surface area (Å²) in [7, 11) is 0. The minimum atomic E-state index is -0.484. The van der Waals surface area contributed by atoms with Gasteiger partial charge in [0, 0.05) is 13.0 Å². The van der Waals surface area contributed by atoms with E-state index in [2.05, 4.69) is 20.8 Å². The van der Waals surface area contributed by atoms with Gasteiger partial charge in [-0.05, 0) is 30.6 Å². The summed E-state index contributed by atoms with van der Waals surface area (Å²) in [5.41, 5.74) is -0.130. The molecular weight excluding hydrogens is 176 g/mol. The molecule has 14 heavy (non-hydrogen) atoms. The predicted octanol–water partition coefficient (Wildman–Crippen LogP) is 2.35. The fourth-order valence-corrected chi connectivity index (χ4v) is 2.85. The molecule has 1 aliphatic carbocycles. The lowest BCUT2D eigenvalue weighted by Gasteiger charge is -2.42. The van der Waals surface area contributed by atoms with E-state index in [0.29, 0.717) is 11.3 Å². The lowest BCUT2D eigenvalue weighted by molar-refractivity contribution is -0.0898. The van der Waals surface area contributed by atoms with Crippen LogP contribution in [0.4, 0.5) is 0 Å². The standard InChI is InChI=1S/C12H22O2/c1-11(2,3)9-4-5-12(13)6-7-14-10(12)8-9/h9-10,13H,4-8H2,1-3H3/t9?,10-,12+/m0/s1. The number of ether oxygens (including phenoxy) is 1. The number of hydrogen-bond donors (Lipinski definition) is 1. The zero-order chi connectivity index (χ0) is 10.4. The van der Waals surface area contributed by atoms with E-state index in [4.69, 9.17) is 4.74 Å². The van der Waals surface area contributed by atoms with Gasteiger partial charge in [0.25, 0.3) is 0 Å². The van der Waals surface area contributed by atoms with Crippen LogP contribution in [0.3, 0.4) is 0 Å². The molecule has 0 aromatic heterocycles. The van der Waals surface area contributed by atoms with Gasteiger partial charge in [0.05, 0.1) is 11.7 Å². The Morgan fingerprint density at radius 1 is 1.29 bits per heavy atom. The Labute approximate surface area is 86.6 Å². The molecule has 0 amide bonds. The van der Waals surface area contributed by atoms with E-state index in [-0.39, 0.29) is 6.10 Å². The van der Waals surface area contributed by atoms with Crippen molar-refractivity contribution >= 4 is 0 Å². The van der Waals surface area contributed by atoms with Crippen LogP contribution >= 0.6 is 0 Å². The molecule has 2 rings (SSSR count). The molecule has 0 spiro atoms. The molecule has 82 valence electrons. The first-order valence-electron chi connectivity index (χ1n) is 5.76. The van der Waals surface area contributed by atoms with Crippen molar-refractivity contribution in [2.45, 2.75) is 58.2 Å². The Bertz CT molecular complexity index is 219. The molecule has 1 heterocycles. The van der Waals surface area contributed by atoms with Gasteiger partial charge in [0.2, 0.25) is 0 Å². The first-order chi connectivity index (χ1) is 6.42. The highest BCUT2D eigenvalue weighted by atomic mass is 16.5. The van der Waals surface area contributed by atoms with Gasteiger partial charge in [0.15, 0.2) is 0 Å². The van der Waals surface area contributed by atoms with Crippen molar-refractivity contribution in [3.8, 4) is 0 Å². The van der Waals surface area contributed by atoms with E-state index >= 15 is 0 Å². The summed E-state index contributed by atoms with van der Waals surface area (Å²) in [6, 6.07) is 0. The smallest absolute Gasteiger partial charge is 0.0930 e. The van der Waals surface area contributed by atoms with Gasteiger partial charge in [-0.25, -0.2) is 0 Å². The summed E-state index contributed by atoms with van der Waals surface area (Å²) >= 11 is 0. The molecule has 0 bridgehead atoms. The van der Waals surface area contributed by atoms with Gasteiger partial charge in [0.1, 0.15) is 0 Å². The van der Waals surface area contributed by atoms with E-state index in [0.717, 1.165) is 32.3 Å². The summed E-state index contributed by atoms with van der Waals surface area (Å²) in [6.07, 6.45) is 4.08. The van der Waals surface area contributed by atoms with Crippen LogP contribution in [-0.2, 0) is 4.74 Å². The van der Waals surface area contributed by atoms with Gasteiger partial charge < -0.3 is 9.84 Å². The molecule has 0 radical (unpaired) electrons. The Morgan fingerprint density at radius 2 is 2.00 bits per heavy atom. The molecule has 2 fully saturated rings. The fraction of sp³-hybridized carbons (Fsp3) is 1.00. The maximum Gasteiger partial charge on any atom is 0.0930 e. The molecule has 0 aromatic carbocycles. The fourth-order valence-electron chi connectivity index (χ4n) is 2.85. The molecule has 2 nitrogen and oxygen atoms in total. The van der Waals surface area contributed by atoms with Crippen molar-refractivity contribution in [1.29, 1.82) is 0 Å². The van der Waals surface area contributed by atoms with Crippen LogP contribution in [0.15, 0.2) is 0 Å². The largest absolute Gasteiger partial charge is 0.387 e. The Balaban J connectivity index is 2.05. The Hall–Kier alpha value is -0.0800. The third-order valence-corrected chi connectivity index (χ3v) is 4.10. The molecule has 2 aliphatic rings. The van der Waals surface area contributed by atoms with Crippen molar-refractivity contribution in [2.75, 3.05) is 6.61 Å². The van der Waals surface area contributed by atoms with Gasteiger partial charge in [-0.15, -0.1) is 0 Å². The predicted molar refractivity (Wildman–Crippen MR) is 56.1 cm³/mol. The number of aliphatic hydroxyl groups is 1. The summed E-state index contributed by atoms with van der Waals surface area (Å²) < 4.78 is 5.64. The van der Waals surface area contributed by atoms with Crippen molar-refractivity contribution in [2.24, 2.45) is 11.3 Å². The van der Waals surface area contributed by atoms with Crippen LogP contribution < -0.4 is 0 Å². The van der Waals surface area contributed by atoms with E-state index in [1.165, 1.54) is 0 Å². The highest BCUT2D eigenvalue weighted by Crippen LogP contribution is 2.46. The molecule has 0 aromatic rings. The number of fused-ring (bicyclic) bond motifs is 1. The first kappa shape index (κ1) is 10.4. The molecule has 3 atom stereocenters. The minimum Gasteiger partial charge on any atom is -0.387 e. The van der Waals surface area contributed by atoms with Crippen molar-refractivity contribution in [3.05, 3.63) is 0 Å². The average Bonchev–Trinajstić information content (AvgIpc) is 2.42.